The van der Waals surface area contributed by atoms with Gasteiger partial charge < -0.3 is 4.90 Å². The molecule has 1 saturated carbocycles. The van der Waals surface area contributed by atoms with E-state index in [0.29, 0.717) is 6.42 Å². The van der Waals surface area contributed by atoms with E-state index in [1.807, 2.05) is 7.05 Å². The van der Waals surface area contributed by atoms with Gasteiger partial charge in [-0.2, -0.15) is 8.42 Å². The van der Waals surface area contributed by atoms with E-state index in [1.165, 1.54) is 0 Å². The summed E-state index contributed by atoms with van der Waals surface area (Å²) in [7, 11) is -1.94. The molecule has 0 bridgehead atoms. The Morgan fingerprint density at radius 1 is 1.33 bits per heavy atom. The van der Waals surface area contributed by atoms with Crippen LogP contribution in [0.5, 0.6) is 0 Å². The average Bonchev–Trinajstić information content (AvgIpc) is 2.17. The van der Waals surface area contributed by atoms with Crippen LogP contribution >= 0.6 is 0 Å². The van der Waals surface area contributed by atoms with Crippen LogP contribution in [0.1, 0.15) is 39.0 Å². The van der Waals surface area contributed by atoms with Gasteiger partial charge in [0.05, 0.1) is 0 Å². The van der Waals surface area contributed by atoms with Gasteiger partial charge in [0.1, 0.15) is 5.25 Å². The first kappa shape index (κ1) is 12.9. The summed E-state index contributed by atoms with van der Waals surface area (Å²) in [6.45, 7) is 2.96. The molecule has 1 rings (SSSR count). The van der Waals surface area contributed by atoms with Crippen LogP contribution in [0.4, 0.5) is 0 Å². The average molecular weight is 235 g/mol. The van der Waals surface area contributed by atoms with E-state index < -0.39 is 15.4 Å². The molecule has 4 nitrogen and oxygen atoms in total. The maximum Gasteiger partial charge on any atom is 0.269 e. The third kappa shape index (κ3) is 3.43. The van der Waals surface area contributed by atoms with Gasteiger partial charge in [-0.1, -0.05) is 19.8 Å². The molecule has 1 aliphatic rings. The second kappa shape index (κ2) is 5.27. The number of nitrogens with zero attached hydrogens (tertiary/aromatic N) is 1. The van der Waals surface area contributed by atoms with E-state index in [1.54, 1.807) is 0 Å². The molecule has 15 heavy (non-hydrogen) atoms. The Kier molecular flexibility index (Phi) is 4.55. The minimum Gasteiger partial charge on any atom is -0.302 e. The maximum atomic E-state index is 11.2. The van der Waals surface area contributed by atoms with Gasteiger partial charge in [-0.25, -0.2) is 0 Å². The Bertz CT molecular complexity index is 289. The SMILES string of the molecule is CCCN(C)C1CCCCC1S(=O)(=O)O. The Balaban J connectivity index is 2.74. The molecule has 0 aromatic rings. The van der Waals surface area contributed by atoms with E-state index in [9.17, 15) is 13.0 Å². The summed E-state index contributed by atoms with van der Waals surface area (Å²) >= 11 is 0. The van der Waals surface area contributed by atoms with Gasteiger partial charge in [0.25, 0.3) is 10.1 Å². The van der Waals surface area contributed by atoms with Crippen molar-refractivity contribution in [2.45, 2.75) is 50.3 Å². The van der Waals surface area contributed by atoms with Crippen LogP contribution in [-0.4, -0.2) is 42.8 Å². The molecule has 0 aliphatic heterocycles. The van der Waals surface area contributed by atoms with Crippen molar-refractivity contribution in [3.05, 3.63) is 0 Å². The fourth-order valence-electron chi connectivity index (χ4n) is 2.45. The molecule has 0 heterocycles. The molecule has 2 unspecified atom stereocenters. The molecule has 5 heteroatoms. The monoisotopic (exact) mass is 235 g/mol. The third-order valence-electron chi connectivity index (χ3n) is 3.19. The fourth-order valence-corrected chi connectivity index (χ4v) is 3.65. The number of rotatable bonds is 4. The standard InChI is InChI=1S/C10H21NO3S/c1-3-8-11(2)9-6-4-5-7-10(9)15(12,13)14/h9-10H,3-8H2,1-2H3,(H,12,13,14). The van der Waals surface area contributed by atoms with Gasteiger partial charge in [-0.15, -0.1) is 0 Å². The normalized spacial score (nSPS) is 28.3. The highest BCUT2D eigenvalue weighted by molar-refractivity contribution is 7.86. The van der Waals surface area contributed by atoms with Crippen molar-refractivity contribution < 1.29 is 13.0 Å². The number of hydrogen-bond donors (Lipinski definition) is 1. The molecule has 0 spiro atoms. The van der Waals surface area contributed by atoms with Crippen LogP contribution in [0.15, 0.2) is 0 Å². The van der Waals surface area contributed by atoms with E-state index in [0.717, 1.165) is 32.2 Å². The maximum absolute atomic E-state index is 11.2. The van der Waals surface area contributed by atoms with Crippen molar-refractivity contribution in [3.8, 4) is 0 Å². The Morgan fingerprint density at radius 3 is 2.47 bits per heavy atom. The van der Waals surface area contributed by atoms with Crippen molar-refractivity contribution in [1.82, 2.24) is 4.90 Å². The lowest BCUT2D eigenvalue weighted by atomic mass is 9.94. The fraction of sp³-hybridized carbons (Fsp3) is 1.00. The van der Waals surface area contributed by atoms with Crippen molar-refractivity contribution in [1.29, 1.82) is 0 Å². The quantitative estimate of drug-likeness (QED) is 0.751. The summed E-state index contributed by atoms with van der Waals surface area (Å²) in [6.07, 6.45) is 4.44. The molecular weight excluding hydrogens is 214 g/mol. The molecule has 0 saturated heterocycles. The van der Waals surface area contributed by atoms with Crippen LogP contribution < -0.4 is 0 Å². The molecule has 90 valence electrons. The summed E-state index contributed by atoms with van der Waals surface area (Å²) in [5, 5.41) is -0.581. The topological polar surface area (TPSA) is 57.6 Å². The lowest BCUT2D eigenvalue weighted by Crippen LogP contribution is -2.47. The van der Waals surface area contributed by atoms with Gasteiger partial charge in [0.15, 0.2) is 0 Å². The third-order valence-corrected chi connectivity index (χ3v) is 4.51. The van der Waals surface area contributed by atoms with Crippen LogP contribution in [0.25, 0.3) is 0 Å². The Morgan fingerprint density at radius 2 is 1.93 bits per heavy atom. The molecular formula is C10H21NO3S. The van der Waals surface area contributed by atoms with E-state index in [-0.39, 0.29) is 6.04 Å². The first-order valence-electron chi connectivity index (χ1n) is 5.63. The Hall–Kier alpha value is -0.130. The minimum absolute atomic E-state index is 0.00583. The van der Waals surface area contributed by atoms with Crippen LogP contribution in [0.2, 0.25) is 0 Å². The summed E-state index contributed by atoms with van der Waals surface area (Å²) in [5.74, 6) is 0. The van der Waals surface area contributed by atoms with Crippen molar-refractivity contribution in [3.63, 3.8) is 0 Å². The van der Waals surface area contributed by atoms with Crippen LogP contribution in [0.3, 0.4) is 0 Å². The van der Waals surface area contributed by atoms with Gasteiger partial charge >= 0.3 is 0 Å². The summed E-state index contributed by atoms with van der Waals surface area (Å²) in [5.41, 5.74) is 0. The number of hydrogen-bond acceptors (Lipinski definition) is 3. The van der Waals surface area contributed by atoms with E-state index in [2.05, 4.69) is 11.8 Å². The first-order valence-corrected chi connectivity index (χ1v) is 7.13. The predicted octanol–water partition coefficient (Wildman–Crippen LogP) is 1.53. The van der Waals surface area contributed by atoms with Crippen LogP contribution in [-0.2, 0) is 10.1 Å². The lowest BCUT2D eigenvalue weighted by Gasteiger charge is -2.36. The zero-order chi connectivity index (χ0) is 11.5. The molecule has 0 aromatic carbocycles. The van der Waals surface area contributed by atoms with Crippen molar-refractivity contribution >= 4 is 10.1 Å². The summed E-state index contributed by atoms with van der Waals surface area (Å²) in [6, 6.07) is -0.00583. The Labute approximate surface area is 92.4 Å². The van der Waals surface area contributed by atoms with E-state index >= 15 is 0 Å². The molecule has 0 amide bonds. The zero-order valence-corrected chi connectivity index (χ0v) is 10.3. The molecule has 2 atom stereocenters. The van der Waals surface area contributed by atoms with Crippen molar-refractivity contribution in [2.75, 3.05) is 13.6 Å². The molecule has 0 radical (unpaired) electrons. The lowest BCUT2D eigenvalue weighted by molar-refractivity contribution is 0.190. The zero-order valence-electron chi connectivity index (χ0n) is 9.52. The molecule has 1 aliphatic carbocycles. The second-order valence-electron chi connectivity index (χ2n) is 4.39. The van der Waals surface area contributed by atoms with Gasteiger partial charge in [0.2, 0.25) is 0 Å². The first-order chi connectivity index (χ1) is 6.96. The largest absolute Gasteiger partial charge is 0.302 e. The van der Waals surface area contributed by atoms with Gasteiger partial charge in [-0.3, -0.25) is 4.55 Å². The van der Waals surface area contributed by atoms with E-state index in [4.69, 9.17) is 0 Å². The molecule has 1 N–H and O–H groups in total. The highest BCUT2D eigenvalue weighted by Crippen LogP contribution is 2.27. The van der Waals surface area contributed by atoms with Crippen molar-refractivity contribution in [2.24, 2.45) is 0 Å². The molecule has 0 aromatic heterocycles. The molecule has 1 fully saturated rings. The minimum atomic E-state index is -3.88. The summed E-state index contributed by atoms with van der Waals surface area (Å²) < 4.78 is 31.6. The van der Waals surface area contributed by atoms with Crippen LogP contribution in [0, 0.1) is 0 Å². The predicted molar refractivity (Wildman–Crippen MR) is 60.5 cm³/mol. The highest BCUT2D eigenvalue weighted by atomic mass is 32.2. The highest BCUT2D eigenvalue weighted by Gasteiger charge is 2.36. The van der Waals surface area contributed by atoms with Gasteiger partial charge in [-0.05, 0) is 32.9 Å². The smallest absolute Gasteiger partial charge is 0.269 e. The van der Waals surface area contributed by atoms with Gasteiger partial charge in [0, 0.05) is 6.04 Å². The summed E-state index contributed by atoms with van der Waals surface area (Å²) in [4.78, 5) is 2.07. The second-order valence-corrected chi connectivity index (χ2v) is 6.02.